The number of aliphatic hydroxyl groups excluding tert-OH is 1. The van der Waals surface area contributed by atoms with E-state index in [0.29, 0.717) is 5.92 Å². The topological polar surface area (TPSA) is 33.1 Å². The van der Waals surface area contributed by atoms with Crippen LogP contribution in [0, 0.1) is 12.8 Å². The second-order valence-electron chi connectivity index (χ2n) is 5.76. The maximum atomic E-state index is 10.0. The van der Waals surface area contributed by atoms with Crippen LogP contribution in [0.3, 0.4) is 0 Å². The van der Waals surface area contributed by atoms with E-state index in [0.717, 1.165) is 30.5 Å². The average molecular weight is 257 g/mol. The summed E-state index contributed by atoms with van der Waals surface area (Å²) >= 11 is 0. The number of aryl methyl sites for hydroxylation is 2. The molecule has 0 spiro atoms. The molecule has 2 nitrogen and oxygen atoms in total. The number of hydrogen-bond acceptors (Lipinski definition) is 2. The lowest BCUT2D eigenvalue weighted by atomic mass is 9.97. The molecule has 102 valence electrons. The molecule has 2 aromatic rings. The molecule has 0 saturated heterocycles. The van der Waals surface area contributed by atoms with Gasteiger partial charge in [-0.15, -0.1) is 0 Å². The monoisotopic (exact) mass is 257 g/mol. The van der Waals surface area contributed by atoms with Crippen molar-refractivity contribution in [2.24, 2.45) is 5.92 Å². The van der Waals surface area contributed by atoms with E-state index < -0.39 is 0 Å². The van der Waals surface area contributed by atoms with Crippen LogP contribution in [0.15, 0.2) is 30.3 Å². The fraction of sp³-hybridized carbons (Fsp3) is 0.471. The summed E-state index contributed by atoms with van der Waals surface area (Å²) in [6.07, 6.45) is 2.41. The van der Waals surface area contributed by atoms with Gasteiger partial charge in [-0.25, -0.2) is 0 Å². The Hall–Kier alpha value is -1.41. The van der Waals surface area contributed by atoms with Crippen LogP contribution in [0.2, 0.25) is 0 Å². The molecule has 0 aliphatic heterocycles. The van der Waals surface area contributed by atoms with Crippen molar-refractivity contribution in [1.82, 2.24) is 4.98 Å². The molecule has 1 heterocycles. The summed E-state index contributed by atoms with van der Waals surface area (Å²) in [6.45, 7) is 6.32. The van der Waals surface area contributed by atoms with Gasteiger partial charge in [0.25, 0.3) is 0 Å². The Balaban J connectivity index is 2.16. The maximum Gasteiger partial charge on any atom is 0.0707 e. The Morgan fingerprint density at radius 3 is 2.68 bits per heavy atom. The summed E-state index contributed by atoms with van der Waals surface area (Å²) in [6, 6.07) is 10.4. The number of aromatic nitrogens is 1. The van der Waals surface area contributed by atoms with Crippen molar-refractivity contribution in [3.05, 3.63) is 41.6 Å². The van der Waals surface area contributed by atoms with Crippen LogP contribution in [0.25, 0.3) is 10.9 Å². The second-order valence-corrected chi connectivity index (χ2v) is 5.76. The highest BCUT2D eigenvalue weighted by Crippen LogP contribution is 2.21. The summed E-state index contributed by atoms with van der Waals surface area (Å²) in [7, 11) is 0. The van der Waals surface area contributed by atoms with E-state index in [4.69, 9.17) is 0 Å². The van der Waals surface area contributed by atoms with Crippen molar-refractivity contribution in [2.45, 2.75) is 46.1 Å². The average Bonchev–Trinajstić information content (AvgIpc) is 2.35. The molecule has 0 fully saturated rings. The molecule has 0 radical (unpaired) electrons. The summed E-state index contributed by atoms with van der Waals surface area (Å²) < 4.78 is 0. The summed E-state index contributed by atoms with van der Waals surface area (Å²) in [5.74, 6) is 0.547. The molecular formula is C17H23NO. The largest absolute Gasteiger partial charge is 0.393 e. The van der Waals surface area contributed by atoms with Crippen molar-refractivity contribution in [1.29, 1.82) is 0 Å². The maximum absolute atomic E-state index is 10.0. The number of nitrogens with zero attached hydrogens (tertiary/aromatic N) is 1. The van der Waals surface area contributed by atoms with E-state index >= 15 is 0 Å². The minimum absolute atomic E-state index is 0.202. The molecule has 19 heavy (non-hydrogen) atoms. The predicted octanol–water partition coefficient (Wildman–Crippen LogP) is 3.88. The van der Waals surface area contributed by atoms with E-state index in [1.54, 1.807) is 0 Å². The Bertz CT molecular complexity index is 548. The van der Waals surface area contributed by atoms with Crippen LogP contribution in [0.1, 0.15) is 37.9 Å². The molecule has 2 heteroatoms. The molecule has 1 aromatic heterocycles. The van der Waals surface area contributed by atoms with E-state index in [9.17, 15) is 5.11 Å². The molecule has 0 saturated carbocycles. The smallest absolute Gasteiger partial charge is 0.0707 e. The van der Waals surface area contributed by atoms with E-state index in [1.165, 1.54) is 10.9 Å². The number of fused-ring (bicyclic) bond motifs is 1. The van der Waals surface area contributed by atoms with Crippen molar-refractivity contribution in [2.75, 3.05) is 0 Å². The Labute approximate surface area is 115 Å². The lowest BCUT2D eigenvalue weighted by molar-refractivity contribution is 0.140. The van der Waals surface area contributed by atoms with E-state index in [2.05, 4.69) is 37.0 Å². The van der Waals surface area contributed by atoms with Gasteiger partial charge < -0.3 is 5.11 Å². The quantitative estimate of drug-likeness (QED) is 0.881. The first-order chi connectivity index (χ1) is 9.06. The van der Waals surface area contributed by atoms with Gasteiger partial charge in [0.1, 0.15) is 0 Å². The third kappa shape index (κ3) is 3.77. The third-order valence-corrected chi connectivity index (χ3v) is 3.42. The normalized spacial score (nSPS) is 13.1. The molecule has 1 unspecified atom stereocenters. The first-order valence-corrected chi connectivity index (χ1v) is 7.09. The first kappa shape index (κ1) is 14.0. The minimum Gasteiger partial charge on any atom is -0.393 e. The van der Waals surface area contributed by atoms with Gasteiger partial charge in [-0.2, -0.15) is 0 Å². The third-order valence-electron chi connectivity index (χ3n) is 3.42. The number of benzene rings is 1. The van der Waals surface area contributed by atoms with Crippen molar-refractivity contribution in [3.63, 3.8) is 0 Å². The number of rotatable bonds is 5. The van der Waals surface area contributed by atoms with Gasteiger partial charge in [0, 0.05) is 11.1 Å². The van der Waals surface area contributed by atoms with Gasteiger partial charge in [0.05, 0.1) is 11.6 Å². The van der Waals surface area contributed by atoms with E-state index in [1.807, 2.05) is 19.1 Å². The van der Waals surface area contributed by atoms with E-state index in [-0.39, 0.29) is 6.10 Å². The SMILES string of the molecule is Cc1cc(CCC(O)CC(C)C)c2ccccc2n1. The summed E-state index contributed by atoms with van der Waals surface area (Å²) in [5.41, 5.74) is 3.40. The van der Waals surface area contributed by atoms with Gasteiger partial charge in [-0.05, 0) is 49.8 Å². The van der Waals surface area contributed by atoms with Crippen molar-refractivity contribution < 1.29 is 5.11 Å². The molecule has 0 amide bonds. The minimum atomic E-state index is -0.202. The highest BCUT2D eigenvalue weighted by molar-refractivity contribution is 5.82. The highest BCUT2D eigenvalue weighted by Gasteiger charge is 2.09. The standard InChI is InChI=1S/C17H23NO/c1-12(2)10-15(19)9-8-14-11-13(3)18-17-7-5-4-6-16(14)17/h4-7,11-12,15,19H,8-10H2,1-3H3. The molecule has 0 aliphatic carbocycles. The van der Waals surface area contributed by atoms with Crippen LogP contribution in [0.4, 0.5) is 0 Å². The molecule has 2 rings (SSSR count). The van der Waals surface area contributed by atoms with Crippen molar-refractivity contribution >= 4 is 10.9 Å². The summed E-state index contributed by atoms with van der Waals surface area (Å²) in [5, 5.41) is 11.2. The van der Waals surface area contributed by atoms with Gasteiger partial charge in [0.15, 0.2) is 0 Å². The molecule has 1 aromatic carbocycles. The molecule has 0 aliphatic rings. The molecule has 1 atom stereocenters. The zero-order valence-electron chi connectivity index (χ0n) is 12.1. The van der Waals surface area contributed by atoms with Gasteiger partial charge in [0.2, 0.25) is 0 Å². The van der Waals surface area contributed by atoms with Crippen molar-refractivity contribution in [3.8, 4) is 0 Å². The number of pyridine rings is 1. The zero-order valence-corrected chi connectivity index (χ0v) is 12.1. The van der Waals surface area contributed by atoms with Gasteiger partial charge in [-0.3, -0.25) is 4.98 Å². The van der Waals surface area contributed by atoms with Gasteiger partial charge in [-0.1, -0.05) is 32.0 Å². The second kappa shape index (κ2) is 6.16. The van der Waals surface area contributed by atoms with Gasteiger partial charge >= 0.3 is 0 Å². The number of para-hydroxylation sites is 1. The first-order valence-electron chi connectivity index (χ1n) is 7.09. The molecule has 0 bridgehead atoms. The van der Waals surface area contributed by atoms with Crippen LogP contribution in [-0.4, -0.2) is 16.2 Å². The summed E-state index contributed by atoms with van der Waals surface area (Å²) in [4.78, 5) is 4.55. The van der Waals surface area contributed by atoms with Crippen LogP contribution in [0.5, 0.6) is 0 Å². The van der Waals surface area contributed by atoms with Crippen LogP contribution < -0.4 is 0 Å². The number of hydrogen-bond donors (Lipinski definition) is 1. The molecule has 1 N–H and O–H groups in total. The lowest BCUT2D eigenvalue weighted by Crippen LogP contribution is -2.11. The fourth-order valence-corrected chi connectivity index (χ4v) is 2.59. The number of aliphatic hydroxyl groups is 1. The Morgan fingerprint density at radius 2 is 1.95 bits per heavy atom. The Morgan fingerprint density at radius 1 is 1.21 bits per heavy atom. The predicted molar refractivity (Wildman–Crippen MR) is 80.3 cm³/mol. The van der Waals surface area contributed by atoms with Crippen LogP contribution >= 0.6 is 0 Å². The van der Waals surface area contributed by atoms with Crippen LogP contribution in [-0.2, 0) is 6.42 Å². The Kier molecular flexibility index (Phi) is 4.54. The highest BCUT2D eigenvalue weighted by atomic mass is 16.3. The lowest BCUT2D eigenvalue weighted by Gasteiger charge is -2.14. The zero-order chi connectivity index (χ0) is 13.8. The molecular weight excluding hydrogens is 234 g/mol. The fourth-order valence-electron chi connectivity index (χ4n) is 2.59.